The Balaban J connectivity index is 2.35. The smallest absolute Gasteiger partial charge is 0.310 e. The molecule has 1 N–H and O–H groups in total. The lowest BCUT2D eigenvalue weighted by Crippen LogP contribution is -2.10. The van der Waals surface area contributed by atoms with Crippen molar-refractivity contribution >= 4 is 46.2 Å². The van der Waals surface area contributed by atoms with E-state index in [0.29, 0.717) is 40.0 Å². The number of halogens is 2. The van der Waals surface area contributed by atoms with Crippen LogP contribution in [-0.2, 0) is 16.0 Å². The van der Waals surface area contributed by atoms with Crippen LogP contribution in [0.15, 0.2) is 36.4 Å². The number of hydrogen-bond donors (Lipinski definition) is 1. The average molecular weight is 383 g/mol. The van der Waals surface area contributed by atoms with Crippen LogP contribution >= 0.6 is 23.2 Å². The number of rotatable bonds is 7. The Labute approximate surface area is 154 Å². The van der Waals surface area contributed by atoms with Gasteiger partial charge in [0, 0.05) is 17.8 Å². The normalized spacial score (nSPS) is 10.4. The van der Waals surface area contributed by atoms with Crippen molar-refractivity contribution in [3.63, 3.8) is 0 Å². The number of nitro benzene ring substituents is 1. The number of benzene rings is 2. The Morgan fingerprint density at radius 2 is 1.92 bits per heavy atom. The minimum atomic E-state index is -0.521. The van der Waals surface area contributed by atoms with Gasteiger partial charge in [-0.15, -0.1) is 0 Å². The summed E-state index contributed by atoms with van der Waals surface area (Å²) in [4.78, 5) is 22.4. The van der Waals surface area contributed by atoms with Crippen molar-refractivity contribution in [3.8, 4) is 0 Å². The summed E-state index contributed by atoms with van der Waals surface area (Å²) in [7, 11) is 0. The van der Waals surface area contributed by atoms with Crippen molar-refractivity contribution in [1.82, 2.24) is 0 Å². The fourth-order valence-electron chi connectivity index (χ4n) is 2.14. The second kappa shape index (κ2) is 8.69. The lowest BCUT2D eigenvalue weighted by atomic mass is 10.1. The first-order valence-electron chi connectivity index (χ1n) is 7.56. The molecule has 0 heterocycles. The number of ether oxygens (including phenoxy) is 1. The van der Waals surface area contributed by atoms with E-state index in [0.717, 1.165) is 0 Å². The van der Waals surface area contributed by atoms with E-state index in [1.807, 2.05) is 6.92 Å². The van der Waals surface area contributed by atoms with Gasteiger partial charge in [-0.25, -0.2) is 0 Å². The fraction of sp³-hybridized carbons (Fsp3) is 0.235. The third-order valence-corrected chi connectivity index (χ3v) is 3.95. The maximum Gasteiger partial charge on any atom is 0.310 e. The molecule has 0 aliphatic rings. The standard InChI is InChI=1S/C17H16Cl2N2O4/c1-2-8-25-16(22)10-11-9-12(21(23)24)6-7-15(11)20-17-13(18)4-3-5-14(17)19/h3-7,9,20H,2,8,10H2,1H3. The van der Waals surface area contributed by atoms with Gasteiger partial charge in [-0.2, -0.15) is 0 Å². The number of esters is 1. The van der Waals surface area contributed by atoms with Gasteiger partial charge in [0.05, 0.1) is 33.7 Å². The third kappa shape index (κ3) is 5.08. The second-order valence-electron chi connectivity index (χ2n) is 5.22. The summed E-state index contributed by atoms with van der Waals surface area (Å²) in [5, 5.41) is 14.8. The molecule has 0 aliphatic heterocycles. The van der Waals surface area contributed by atoms with Crippen LogP contribution in [0, 0.1) is 10.1 Å². The summed E-state index contributed by atoms with van der Waals surface area (Å²) in [6.07, 6.45) is 0.590. The zero-order valence-corrected chi connectivity index (χ0v) is 14.9. The average Bonchev–Trinajstić information content (AvgIpc) is 2.57. The van der Waals surface area contributed by atoms with Gasteiger partial charge in [0.25, 0.3) is 5.69 Å². The molecule has 0 aliphatic carbocycles. The zero-order chi connectivity index (χ0) is 18.4. The second-order valence-corrected chi connectivity index (χ2v) is 6.03. The maximum absolute atomic E-state index is 11.9. The maximum atomic E-state index is 11.9. The van der Waals surface area contributed by atoms with Crippen molar-refractivity contribution in [2.24, 2.45) is 0 Å². The van der Waals surface area contributed by atoms with Gasteiger partial charge < -0.3 is 10.1 Å². The molecule has 0 atom stereocenters. The molecule has 0 saturated heterocycles. The Kier molecular flexibility index (Phi) is 6.61. The number of carbonyl (C=O) groups excluding carboxylic acids is 1. The number of non-ortho nitro benzene ring substituents is 1. The van der Waals surface area contributed by atoms with Gasteiger partial charge in [0.15, 0.2) is 0 Å². The van der Waals surface area contributed by atoms with E-state index in [-0.39, 0.29) is 12.1 Å². The minimum Gasteiger partial charge on any atom is -0.465 e. The molecule has 2 rings (SSSR count). The van der Waals surface area contributed by atoms with Crippen molar-refractivity contribution < 1.29 is 14.5 Å². The fourth-order valence-corrected chi connectivity index (χ4v) is 2.63. The molecule has 0 radical (unpaired) electrons. The van der Waals surface area contributed by atoms with Crippen LogP contribution < -0.4 is 5.32 Å². The van der Waals surface area contributed by atoms with Crippen molar-refractivity contribution in [1.29, 1.82) is 0 Å². The van der Waals surface area contributed by atoms with Crippen molar-refractivity contribution in [2.45, 2.75) is 19.8 Å². The molecular weight excluding hydrogens is 367 g/mol. The highest BCUT2D eigenvalue weighted by Crippen LogP contribution is 2.34. The Morgan fingerprint density at radius 3 is 2.52 bits per heavy atom. The van der Waals surface area contributed by atoms with Crippen LogP contribution in [-0.4, -0.2) is 17.5 Å². The highest BCUT2D eigenvalue weighted by atomic mass is 35.5. The van der Waals surface area contributed by atoms with E-state index in [1.54, 1.807) is 18.2 Å². The summed E-state index contributed by atoms with van der Waals surface area (Å²) < 4.78 is 5.06. The number of anilines is 2. The van der Waals surface area contributed by atoms with E-state index >= 15 is 0 Å². The van der Waals surface area contributed by atoms with Crippen LogP contribution in [0.4, 0.5) is 17.1 Å². The summed E-state index contributed by atoms with van der Waals surface area (Å²) in [6, 6.07) is 9.22. The Hall–Kier alpha value is -2.31. The number of para-hydroxylation sites is 1. The molecule has 132 valence electrons. The molecule has 0 saturated carbocycles. The molecule has 0 aromatic heterocycles. The van der Waals surface area contributed by atoms with Crippen LogP contribution in [0.2, 0.25) is 10.0 Å². The van der Waals surface area contributed by atoms with Gasteiger partial charge >= 0.3 is 5.97 Å². The van der Waals surface area contributed by atoms with Crippen LogP contribution in [0.25, 0.3) is 0 Å². The number of carbonyl (C=O) groups is 1. The van der Waals surface area contributed by atoms with Crippen LogP contribution in [0.3, 0.4) is 0 Å². The molecule has 0 fully saturated rings. The van der Waals surface area contributed by atoms with Crippen molar-refractivity contribution in [3.05, 3.63) is 62.1 Å². The summed E-state index contributed by atoms with van der Waals surface area (Å²) in [6.45, 7) is 2.18. The zero-order valence-electron chi connectivity index (χ0n) is 13.4. The predicted octanol–water partition coefficient (Wildman–Crippen LogP) is 5.14. The lowest BCUT2D eigenvalue weighted by molar-refractivity contribution is -0.384. The minimum absolute atomic E-state index is 0.105. The Bertz CT molecular complexity index is 776. The number of nitro groups is 1. The van der Waals surface area contributed by atoms with E-state index in [4.69, 9.17) is 27.9 Å². The summed E-state index contributed by atoms with van der Waals surface area (Å²) >= 11 is 12.3. The quantitative estimate of drug-likeness (QED) is 0.407. The van der Waals surface area contributed by atoms with E-state index in [1.165, 1.54) is 18.2 Å². The first-order valence-corrected chi connectivity index (χ1v) is 8.32. The van der Waals surface area contributed by atoms with Gasteiger partial charge in [-0.05, 0) is 30.2 Å². The van der Waals surface area contributed by atoms with E-state index in [9.17, 15) is 14.9 Å². The first-order chi connectivity index (χ1) is 11.9. The predicted molar refractivity (Wildman–Crippen MR) is 97.8 cm³/mol. The van der Waals surface area contributed by atoms with Crippen LogP contribution in [0.5, 0.6) is 0 Å². The topological polar surface area (TPSA) is 81.5 Å². The SMILES string of the molecule is CCCOC(=O)Cc1cc([N+](=O)[O-])ccc1Nc1c(Cl)cccc1Cl. The molecule has 2 aromatic rings. The monoisotopic (exact) mass is 382 g/mol. The molecule has 0 amide bonds. The molecule has 25 heavy (non-hydrogen) atoms. The summed E-state index contributed by atoms with van der Waals surface area (Å²) in [5.74, 6) is -0.462. The molecule has 0 bridgehead atoms. The molecule has 0 spiro atoms. The first kappa shape index (κ1) is 19.0. The van der Waals surface area contributed by atoms with Gasteiger partial charge in [-0.1, -0.05) is 36.2 Å². The Morgan fingerprint density at radius 1 is 1.24 bits per heavy atom. The number of hydrogen-bond acceptors (Lipinski definition) is 5. The number of nitrogens with zero attached hydrogens (tertiary/aromatic N) is 1. The highest BCUT2D eigenvalue weighted by Gasteiger charge is 2.16. The molecule has 0 unspecified atom stereocenters. The van der Waals surface area contributed by atoms with Gasteiger partial charge in [0.1, 0.15) is 0 Å². The van der Waals surface area contributed by atoms with Gasteiger partial charge in [-0.3, -0.25) is 14.9 Å². The number of nitrogens with one attached hydrogen (secondary N) is 1. The van der Waals surface area contributed by atoms with Crippen LogP contribution in [0.1, 0.15) is 18.9 Å². The third-order valence-electron chi connectivity index (χ3n) is 3.32. The van der Waals surface area contributed by atoms with Gasteiger partial charge in [0.2, 0.25) is 0 Å². The lowest BCUT2D eigenvalue weighted by Gasteiger charge is -2.14. The molecular formula is C17H16Cl2N2O4. The highest BCUT2D eigenvalue weighted by molar-refractivity contribution is 6.39. The summed E-state index contributed by atoms with van der Waals surface area (Å²) in [5.41, 5.74) is 1.26. The molecule has 8 heteroatoms. The molecule has 6 nitrogen and oxygen atoms in total. The van der Waals surface area contributed by atoms with Crippen molar-refractivity contribution in [2.75, 3.05) is 11.9 Å². The largest absolute Gasteiger partial charge is 0.465 e. The van der Waals surface area contributed by atoms with E-state index < -0.39 is 10.9 Å². The van der Waals surface area contributed by atoms with E-state index in [2.05, 4.69) is 5.32 Å². The molecule has 2 aromatic carbocycles.